The molecule has 0 saturated carbocycles. The predicted octanol–water partition coefficient (Wildman–Crippen LogP) is 22.7. The van der Waals surface area contributed by atoms with Gasteiger partial charge >= 0.3 is 17.9 Å². The van der Waals surface area contributed by atoms with Gasteiger partial charge < -0.3 is 14.2 Å². The van der Waals surface area contributed by atoms with Crippen LogP contribution in [0.15, 0.2) is 170 Å². The molecule has 0 spiro atoms. The minimum absolute atomic E-state index is 0.107. The molecule has 0 aliphatic rings. The maximum atomic E-state index is 12.9. The number of allylic oxidation sites excluding steroid dienone is 28. The molecule has 81 heavy (non-hydrogen) atoms. The molecule has 0 amide bonds. The molecule has 0 aromatic rings. The van der Waals surface area contributed by atoms with Gasteiger partial charge in [0.15, 0.2) is 6.10 Å². The fourth-order valence-corrected chi connectivity index (χ4v) is 8.36. The Labute approximate surface area is 498 Å². The van der Waals surface area contributed by atoms with E-state index in [1.165, 1.54) is 38.5 Å². The number of carbonyl (C=O) groups excluding carboxylic acids is 3. The molecule has 0 N–H and O–H groups in total. The van der Waals surface area contributed by atoms with Crippen molar-refractivity contribution in [2.75, 3.05) is 13.2 Å². The minimum atomic E-state index is -0.813. The first-order chi connectivity index (χ1) is 40.0. The lowest BCUT2D eigenvalue weighted by Crippen LogP contribution is -2.30. The summed E-state index contributed by atoms with van der Waals surface area (Å²) in [6, 6.07) is 0. The van der Waals surface area contributed by atoms with Gasteiger partial charge in [-0.3, -0.25) is 14.4 Å². The van der Waals surface area contributed by atoms with Gasteiger partial charge in [-0.25, -0.2) is 0 Å². The van der Waals surface area contributed by atoms with Gasteiger partial charge in [-0.05, 0) is 154 Å². The Morgan fingerprint density at radius 3 is 0.753 bits per heavy atom. The quantitative estimate of drug-likeness (QED) is 0.0261. The van der Waals surface area contributed by atoms with Crippen LogP contribution in [0.25, 0.3) is 0 Å². The van der Waals surface area contributed by atoms with Gasteiger partial charge in [0.25, 0.3) is 0 Å². The molecule has 0 radical (unpaired) electrons. The lowest BCUT2D eigenvalue weighted by Gasteiger charge is -2.18. The number of ether oxygens (including phenoxy) is 3. The largest absolute Gasteiger partial charge is 0.462 e. The van der Waals surface area contributed by atoms with E-state index in [1.807, 2.05) is 0 Å². The van der Waals surface area contributed by atoms with Crippen molar-refractivity contribution in [1.29, 1.82) is 0 Å². The molecule has 0 saturated heterocycles. The highest BCUT2D eigenvalue weighted by atomic mass is 16.6. The van der Waals surface area contributed by atoms with Crippen LogP contribution >= 0.6 is 0 Å². The third-order valence-electron chi connectivity index (χ3n) is 13.2. The van der Waals surface area contributed by atoms with Crippen LogP contribution in [0, 0.1) is 0 Å². The summed E-state index contributed by atoms with van der Waals surface area (Å²) in [5, 5.41) is 0. The number of esters is 3. The highest BCUT2D eigenvalue weighted by Crippen LogP contribution is 2.14. The zero-order chi connectivity index (χ0) is 58.5. The maximum absolute atomic E-state index is 12.9. The van der Waals surface area contributed by atoms with E-state index in [-0.39, 0.29) is 37.5 Å². The first-order valence-electron chi connectivity index (χ1n) is 32.6. The third kappa shape index (κ3) is 65.5. The van der Waals surface area contributed by atoms with Crippen molar-refractivity contribution < 1.29 is 28.6 Å². The van der Waals surface area contributed by atoms with Gasteiger partial charge in [-0.1, -0.05) is 262 Å². The number of hydrogen-bond acceptors (Lipinski definition) is 6. The molecule has 1 unspecified atom stereocenters. The van der Waals surface area contributed by atoms with Crippen LogP contribution in [0.1, 0.15) is 265 Å². The Bertz CT molecular complexity index is 1860. The molecule has 6 heteroatoms. The van der Waals surface area contributed by atoms with E-state index in [1.54, 1.807) is 0 Å². The van der Waals surface area contributed by atoms with E-state index in [4.69, 9.17) is 14.2 Å². The van der Waals surface area contributed by atoms with Crippen LogP contribution in [0.5, 0.6) is 0 Å². The summed E-state index contributed by atoms with van der Waals surface area (Å²) in [7, 11) is 0. The van der Waals surface area contributed by atoms with E-state index >= 15 is 0 Å². The van der Waals surface area contributed by atoms with Crippen LogP contribution in [0.2, 0.25) is 0 Å². The average Bonchev–Trinajstić information content (AvgIpc) is 3.47. The van der Waals surface area contributed by atoms with Gasteiger partial charge in [0.05, 0.1) is 0 Å². The monoisotopic (exact) mass is 1110 g/mol. The van der Waals surface area contributed by atoms with Crippen molar-refractivity contribution in [2.24, 2.45) is 0 Å². The molecular weight excluding hydrogens is 997 g/mol. The molecule has 0 bridgehead atoms. The molecule has 6 nitrogen and oxygen atoms in total. The third-order valence-corrected chi connectivity index (χ3v) is 13.2. The van der Waals surface area contributed by atoms with Gasteiger partial charge in [0.1, 0.15) is 13.2 Å². The minimum Gasteiger partial charge on any atom is -0.462 e. The molecule has 0 aromatic heterocycles. The predicted molar refractivity (Wildman–Crippen MR) is 352 cm³/mol. The molecular formula is C75H118O6. The van der Waals surface area contributed by atoms with Gasteiger partial charge in [0.2, 0.25) is 0 Å². The Kier molecular flexibility index (Phi) is 62.9. The first-order valence-corrected chi connectivity index (χ1v) is 32.6. The number of rotatable bonds is 57. The topological polar surface area (TPSA) is 78.9 Å². The molecule has 0 aromatic carbocycles. The zero-order valence-corrected chi connectivity index (χ0v) is 52.0. The summed E-state index contributed by atoms with van der Waals surface area (Å²) in [6.45, 7) is 6.33. The highest BCUT2D eigenvalue weighted by Gasteiger charge is 2.19. The van der Waals surface area contributed by atoms with E-state index in [2.05, 4.69) is 191 Å². The van der Waals surface area contributed by atoms with Crippen molar-refractivity contribution in [1.82, 2.24) is 0 Å². The summed E-state index contributed by atoms with van der Waals surface area (Å²) in [5.41, 5.74) is 0. The van der Waals surface area contributed by atoms with Crippen molar-refractivity contribution in [3.8, 4) is 0 Å². The fraction of sp³-hybridized carbons (Fsp3) is 0.587. The molecule has 0 aliphatic carbocycles. The molecule has 454 valence electrons. The fourth-order valence-electron chi connectivity index (χ4n) is 8.36. The molecule has 1 atom stereocenters. The highest BCUT2D eigenvalue weighted by molar-refractivity contribution is 5.71. The first kappa shape index (κ1) is 75.8. The lowest BCUT2D eigenvalue weighted by molar-refractivity contribution is -0.167. The summed E-state index contributed by atoms with van der Waals surface area (Å²) in [4.78, 5) is 38.3. The summed E-state index contributed by atoms with van der Waals surface area (Å²) < 4.78 is 16.9. The zero-order valence-electron chi connectivity index (χ0n) is 52.0. The number of carbonyl (C=O) groups is 3. The standard InChI is InChI=1S/C75H118O6/c1-4-7-10-13-16-19-22-25-28-30-31-32-33-34-35-36-37-38-39-40-41-42-43-45-47-50-53-56-59-62-65-68-74(77)80-71-72(70-79-73(76)67-64-61-58-55-52-49-46-27-24-21-18-15-12-9-6-3)81-75(78)69-66-63-60-57-54-51-48-44-29-26-23-20-17-14-11-8-5-2/h7-8,10-11,16-21,25-29,31-32,34-35,37-38,40-41,43,45-46,48,51,72H,4-6,9,12-15,22-24,30,33,36,39,42,44,47,49-50,52-71H2,1-3H3/b10-7-,11-8-,19-16-,20-17-,21-18-,28-25-,29-26-,32-31-,35-34-,38-37-,41-40-,45-43-,46-27-,51-48-. The lowest BCUT2D eigenvalue weighted by atomic mass is 10.1. The van der Waals surface area contributed by atoms with Crippen molar-refractivity contribution in [3.63, 3.8) is 0 Å². The van der Waals surface area contributed by atoms with Crippen LogP contribution < -0.4 is 0 Å². The molecule has 0 aliphatic heterocycles. The molecule has 0 heterocycles. The van der Waals surface area contributed by atoms with E-state index < -0.39 is 6.10 Å². The number of unbranched alkanes of at least 4 members (excludes halogenated alkanes) is 18. The SMILES string of the molecule is CC/C=C\C/C=C\C/C=C\C/C=C\C/C=C\C/C=C\C/C=C\C/C=C\CCCCCCCCC(=O)OCC(COC(=O)CCCCCCC/C=C\C/C=C\CCCCC)OC(=O)CCCCCC/C=C\C/C=C\C/C=C\C/C=C\CC. The normalized spacial score (nSPS) is 13.3. The molecule has 0 rings (SSSR count). The maximum Gasteiger partial charge on any atom is 0.306 e. The summed E-state index contributed by atoms with van der Waals surface area (Å²) >= 11 is 0. The second-order valence-electron chi connectivity index (χ2n) is 20.9. The smallest absolute Gasteiger partial charge is 0.306 e. The Hall–Kier alpha value is -5.23. The van der Waals surface area contributed by atoms with E-state index in [0.717, 1.165) is 186 Å². The van der Waals surface area contributed by atoms with Gasteiger partial charge in [0, 0.05) is 19.3 Å². The van der Waals surface area contributed by atoms with Crippen molar-refractivity contribution in [2.45, 2.75) is 271 Å². The molecule has 0 fully saturated rings. The van der Waals surface area contributed by atoms with Crippen LogP contribution in [-0.4, -0.2) is 37.2 Å². The van der Waals surface area contributed by atoms with Crippen LogP contribution in [0.3, 0.4) is 0 Å². The van der Waals surface area contributed by atoms with Crippen LogP contribution in [0.4, 0.5) is 0 Å². The Balaban J connectivity index is 4.42. The summed E-state index contributed by atoms with van der Waals surface area (Å²) in [5.74, 6) is -0.963. The Morgan fingerprint density at radius 1 is 0.259 bits per heavy atom. The van der Waals surface area contributed by atoms with Crippen LogP contribution in [-0.2, 0) is 28.6 Å². The average molecular weight is 1120 g/mol. The second kappa shape index (κ2) is 67.3. The Morgan fingerprint density at radius 2 is 0.481 bits per heavy atom. The van der Waals surface area contributed by atoms with Crippen molar-refractivity contribution >= 4 is 17.9 Å². The van der Waals surface area contributed by atoms with Crippen molar-refractivity contribution in [3.05, 3.63) is 170 Å². The van der Waals surface area contributed by atoms with Gasteiger partial charge in [-0.2, -0.15) is 0 Å². The summed E-state index contributed by atoms with van der Waals surface area (Å²) in [6.07, 6.45) is 99.3. The number of hydrogen-bond donors (Lipinski definition) is 0. The van der Waals surface area contributed by atoms with Gasteiger partial charge in [-0.15, -0.1) is 0 Å². The second-order valence-corrected chi connectivity index (χ2v) is 20.9. The van der Waals surface area contributed by atoms with E-state index in [0.29, 0.717) is 12.8 Å². The van der Waals surface area contributed by atoms with E-state index in [9.17, 15) is 14.4 Å².